The number of aromatic nitrogens is 3. The number of halogens is 1. The SMILES string of the molecule is COc1cc(OC)cc(-c2nc(S/C(=C\c3ccc(OC)c(I)c3)C(=O)O)n[nH]2)c1. The summed E-state index contributed by atoms with van der Waals surface area (Å²) in [6.07, 6.45) is 1.57. The number of hydrogen-bond donors (Lipinski definition) is 2. The summed E-state index contributed by atoms with van der Waals surface area (Å²) in [6, 6.07) is 10.7. The number of carboxylic acids is 1. The summed E-state index contributed by atoms with van der Waals surface area (Å²) in [7, 11) is 4.71. The van der Waals surface area contributed by atoms with Gasteiger partial charge in [-0.15, -0.1) is 5.10 Å². The van der Waals surface area contributed by atoms with Gasteiger partial charge in [0.25, 0.3) is 0 Å². The third kappa shape index (κ3) is 5.25. The first-order valence-corrected chi connectivity index (χ1v) is 10.4. The molecule has 3 aromatic rings. The van der Waals surface area contributed by atoms with E-state index in [2.05, 4.69) is 37.8 Å². The van der Waals surface area contributed by atoms with Gasteiger partial charge in [-0.1, -0.05) is 6.07 Å². The first-order valence-electron chi connectivity index (χ1n) is 8.55. The van der Waals surface area contributed by atoms with E-state index < -0.39 is 5.97 Å². The molecule has 0 spiro atoms. The smallest absolute Gasteiger partial charge is 0.342 e. The molecule has 0 radical (unpaired) electrons. The molecular weight excluding hydrogens is 521 g/mol. The Morgan fingerprint density at radius 3 is 2.37 bits per heavy atom. The van der Waals surface area contributed by atoms with E-state index in [0.29, 0.717) is 22.9 Å². The lowest BCUT2D eigenvalue weighted by Gasteiger charge is -2.06. The van der Waals surface area contributed by atoms with Crippen molar-refractivity contribution in [3.8, 4) is 28.6 Å². The van der Waals surface area contributed by atoms with E-state index in [9.17, 15) is 9.90 Å². The highest BCUT2D eigenvalue weighted by atomic mass is 127. The van der Waals surface area contributed by atoms with Gasteiger partial charge >= 0.3 is 5.97 Å². The maximum Gasteiger partial charge on any atom is 0.342 e. The van der Waals surface area contributed by atoms with Gasteiger partial charge in [-0.2, -0.15) is 0 Å². The molecule has 0 bridgehead atoms. The Balaban J connectivity index is 1.87. The van der Waals surface area contributed by atoms with Gasteiger partial charge in [-0.3, -0.25) is 5.10 Å². The largest absolute Gasteiger partial charge is 0.497 e. The Hall–Kier alpha value is -2.73. The Morgan fingerprint density at radius 1 is 1.10 bits per heavy atom. The lowest BCUT2D eigenvalue weighted by molar-refractivity contribution is -0.131. The predicted molar refractivity (Wildman–Crippen MR) is 122 cm³/mol. The molecule has 3 rings (SSSR count). The lowest BCUT2D eigenvalue weighted by Crippen LogP contribution is -1.97. The molecule has 156 valence electrons. The molecule has 1 heterocycles. The minimum atomic E-state index is -1.07. The van der Waals surface area contributed by atoms with E-state index in [0.717, 1.165) is 26.6 Å². The average molecular weight is 539 g/mol. The van der Waals surface area contributed by atoms with Crippen LogP contribution in [0, 0.1) is 3.57 Å². The molecule has 8 nitrogen and oxygen atoms in total. The number of benzene rings is 2. The Bertz CT molecular complexity index is 1080. The molecule has 30 heavy (non-hydrogen) atoms. The summed E-state index contributed by atoms with van der Waals surface area (Å²) in [4.78, 5) is 16.2. The molecule has 1 aromatic heterocycles. The number of aromatic amines is 1. The molecule has 0 atom stereocenters. The molecule has 10 heteroatoms. The zero-order valence-corrected chi connectivity index (χ0v) is 19.3. The number of carboxylic acid groups (broad SMARTS) is 1. The van der Waals surface area contributed by atoms with Gasteiger partial charge in [0.2, 0.25) is 5.16 Å². The topological polar surface area (TPSA) is 107 Å². The number of carbonyl (C=O) groups is 1. The van der Waals surface area contributed by atoms with Crippen LogP contribution in [0.15, 0.2) is 46.5 Å². The van der Waals surface area contributed by atoms with Gasteiger partial charge < -0.3 is 19.3 Å². The minimum Gasteiger partial charge on any atom is -0.497 e. The van der Waals surface area contributed by atoms with E-state index in [1.54, 1.807) is 57.7 Å². The van der Waals surface area contributed by atoms with Crippen LogP contribution in [0.3, 0.4) is 0 Å². The van der Waals surface area contributed by atoms with Gasteiger partial charge in [0.05, 0.1) is 24.9 Å². The van der Waals surface area contributed by atoms with Crippen LogP contribution in [-0.4, -0.2) is 47.6 Å². The first kappa shape index (κ1) is 22.0. The second-order valence-electron chi connectivity index (χ2n) is 5.88. The quantitative estimate of drug-likeness (QED) is 0.248. The second kappa shape index (κ2) is 9.85. The molecule has 2 N–H and O–H groups in total. The molecule has 0 fully saturated rings. The highest BCUT2D eigenvalue weighted by molar-refractivity contribution is 14.1. The van der Waals surface area contributed by atoms with E-state index in [1.165, 1.54) is 0 Å². The van der Waals surface area contributed by atoms with Crippen LogP contribution >= 0.6 is 34.4 Å². The second-order valence-corrected chi connectivity index (χ2v) is 8.05. The fourth-order valence-electron chi connectivity index (χ4n) is 2.52. The molecule has 2 aromatic carbocycles. The highest BCUT2D eigenvalue weighted by Gasteiger charge is 2.15. The maximum absolute atomic E-state index is 11.7. The van der Waals surface area contributed by atoms with Crippen LogP contribution in [0.5, 0.6) is 17.2 Å². The normalized spacial score (nSPS) is 11.3. The van der Waals surface area contributed by atoms with Crippen LogP contribution < -0.4 is 14.2 Å². The van der Waals surface area contributed by atoms with Crippen LogP contribution in [-0.2, 0) is 4.79 Å². The summed E-state index contributed by atoms with van der Waals surface area (Å²) in [5.41, 5.74) is 1.44. The fraction of sp³-hybridized carbons (Fsp3) is 0.150. The third-order valence-electron chi connectivity index (χ3n) is 3.98. The minimum absolute atomic E-state index is 0.0877. The summed E-state index contributed by atoms with van der Waals surface area (Å²) in [5, 5.41) is 16.9. The van der Waals surface area contributed by atoms with Crippen molar-refractivity contribution in [1.82, 2.24) is 15.2 Å². The zero-order chi connectivity index (χ0) is 21.7. The van der Waals surface area contributed by atoms with Crippen LogP contribution in [0.1, 0.15) is 5.56 Å². The van der Waals surface area contributed by atoms with Gasteiger partial charge in [0, 0.05) is 11.6 Å². The number of rotatable bonds is 8. The van der Waals surface area contributed by atoms with Crippen molar-refractivity contribution in [2.24, 2.45) is 0 Å². The summed E-state index contributed by atoms with van der Waals surface area (Å²) in [6.45, 7) is 0. The number of H-pyrrole nitrogens is 1. The summed E-state index contributed by atoms with van der Waals surface area (Å²) in [5.74, 6) is 1.34. The number of nitrogens with zero attached hydrogens (tertiary/aromatic N) is 2. The summed E-state index contributed by atoms with van der Waals surface area (Å²) >= 11 is 3.09. The summed E-state index contributed by atoms with van der Waals surface area (Å²) < 4.78 is 16.7. The van der Waals surface area contributed by atoms with Gasteiger partial charge in [-0.05, 0) is 70.3 Å². The lowest BCUT2D eigenvalue weighted by atomic mass is 10.2. The Morgan fingerprint density at radius 2 is 1.80 bits per heavy atom. The molecular formula is C20H18IN3O5S. The molecule has 0 amide bonds. The number of methoxy groups -OCH3 is 3. The van der Waals surface area contributed by atoms with Gasteiger partial charge in [0.1, 0.15) is 22.2 Å². The number of hydrogen-bond acceptors (Lipinski definition) is 7. The van der Waals surface area contributed by atoms with Gasteiger partial charge in [0.15, 0.2) is 5.82 Å². The standard InChI is InChI=1S/C20H18IN3O5S/c1-27-13-8-12(9-14(10-13)28-2)18-22-20(24-23-18)30-17(19(25)26)7-11-4-5-16(29-3)15(21)6-11/h4-10H,1-3H3,(H,25,26)(H,22,23,24)/b17-7-. The van der Waals surface area contributed by atoms with Crippen LogP contribution in [0.25, 0.3) is 17.5 Å². The zero-order valence-electron chi connectivity index (χ0n) is 16.3. The maximum atomic E-state index is 11.7. The van der Waals surface area contributed by atoms with Crippen molar-refractivity contribution >= 4 is 46.4 Å². The number of ether oxygens (including phenoxy) is 3. The Kier molecular flexibility index (Phi) is 7.21. The third-order valence-corrected chi connectivity index (χ3v) is 5.70. The van der Waals surface area contributed by atoms with Crippen molar-refractivity contribution in [1.29, 1.82) is 0 Å². The molecule has 0 aliphatic rings. The van der Waals surface area contributed by atoms with E-state index in [1.807, 2.05) is 6.07 Å². The van der Waals surface area contributed by atoms with Crippen LogP contribution in [0.4, 0.5) is 0 Å². The van der Waals surface area contributed by atoms with Crippen molar-refractivity contribution < 1.29 is 24.1 Å². The highest BCUT2D eigenvalue weighted by Crippen LogP contribution is 2.31. The molecule has 0 aliphatic heterocycles. The Labute approximate surface area is 190 Å². The fourth-order valence-corrected chi connectivity index (χ4v) is 3.99. The molecule has 0 saturated carbocycles. The van der Waals surface area contributed by atoms with Crippen LogP contribution in [0.2, 0.25) is 0 Å². The number of nitrogens with one attached hydrogen (secondary N) is 1. The van der Waals surface area contributed by atoms with Crippen molar-refractivity contribution in [2.75, 3.05) is 21.3 Å². The monoisotopic (exact) mass is 539 g/mol. The van der Waals surface area contributed by atoms with E-state index >= 15 is 0 Å². The number of aliphatic carboxylic acids is 1. The van der Waals surface area contributed by atoms with Crippen molar-refractivity contribution in [3.05, 3.63) is 50.4 Å². The molecule has 0 unspecified atom stereocenters. The number of thioether (sulfide) groups is 1. The predicted octanol–water partition coefficient (Wildman–Crippen LogP) is 4.32. The molecule has 0 saturated heterocycles. The average Bonchev–Trinajstić information content (AvgIpc) is 3.21. The van der Waals surface area contributed by atoms with Gasteiger partial charge in [-0.25, -0.2) is 9.78 Å². The van der Waals surface area contributed by atoms with Crippen molar-refractivity contribution in [3.63, 3.8) is 0 Å². The molecule has 0 aliphatic carbocycles. The first-order chi connectivity index (χ1) is 14.4. The van der Waals surface area contributed by atoms with E-state index in [-0.39, 0.29) is 10.1 Å². The van der Waals surface area contributed by atoms with E-state index in [4.69, 9.17) is 14.2 Å². The van der Waals surface area contributed by atoms with Crippen molar-refractivity contribution in [2.45, 2.75) is 5.16 Å².